The Bertz CT molecular complexity index is 739. The van der Waals surface area contributed by atoms with Gasteiger partial charge in [0, 0.05) is 16.0 Å². The highest BCUT2D eigenvalue weighted by Crippen LogP contribution is 2.36. The largest absolute Gasteiger partial charge is 0.378 e. The molecule has 0 fully saturated rings. The van der Waals surface area contributed by atoms with E-state index < -0.39 is 0 Å². The van der Waals surface area contributed by atoms with Crippen LogP contribution in [-0.2, 0) is 6.42 Å². The lowest BCUT2D eigenvalue weighted by molar-refractivity contribution is 0.609. The molecule has 3 aromatic rings. The number of aryl methyl sites for hydroxylation is 1. The summed E-state index contributed by atoms with van der Waals surface area (Å²) in [7, 11) is 0. The highest BCUT2D eigenvalue weighted by atomic mass is 32.1. The first kappa shape index (κ1) is 12.0. The van der Waals surface area contributed by atoms with Gasteiger partial charge in [0.1, 0.15) is 0 Å². The molecule has 0 amide bonds. The fraction of sp³-hybridized carbons (Fsp3) is 0.222. The SMILES string of the molecule is c1ccc2c(NC3CCCc4sccc43)cccc2c1. The van der Waals surface area contributed by atoms with Gasteiger partial charge in [-0.1, -0.05) is 36.4 Å². The van der Waals surface area contributed by atoms with Gasteiger partial charge in [0.15, 0.2) is 0 Å². The molecular formula is C18H17NS. The molecule has 1 atom stereocenters. The van der Waals surface area contributed by atoms with Crippen molar-refractivity contribution >= 4 is 27.8 Å². The zero-order valence-electron chi connectivity index (χ0n) is 11.3. The van der Waals surface area contributed by atoms with Crippen molar-refractivity contribution in [2.45, 2.75) is 25.3 Å². The maximum Gasteiger partial charge on any atom is 0.0525 e. The van der Waals surface area contributed by atoms with Crippen molar-refractivity contribution in [3.8, 4) is 0 Å². The van der Waals surface area contributed by atoms with Crippen molar-refractivity contribution in [3.63, 3.8) is 0 Å². The van der Waals surface area contributed by atoms with E-state index in [9.17, 15) is 0 Å². The normalized spacial score (nSPS) is 17.9. The smallest absolute Gasteiger partial charge is 0.0525 e. The molecule has 1 unspecified atom stereocenters. The van der Waals surface area contributed by atoms with Crippen molar-refractivity contribution in [1.29, 1.82) is 0 Å². The fourth-order valence-corrected chi connectivity index (χ4v) is 4.16. The third-order valence-corrected chi connectivity index (χ3v) is 5.17. The second-order valence-electron chi connectivity index (χ2n) is 5.41. The number of hydrogen-bond acceptors (Lipinski definition) is 2. The molecule has 1 nitrogen and oxygen atoms in total. The van der Waals surface area contributed by atoms with E-state index in [2.05, 4.69) is 59.2 Å². The highest BCUT2D eigenvalue weighted by molar-refractivity contribution is 7.10. The number of thiophene rings is 1. The first-order valence-corrected chi connectivity index (χ1v) is 8.10. The Kier molecular flexibility index (Phi) is 2.96. The summed E-state index contributed by atoms with van der Waals surface area (Å²) in [5.74, 6) is 0. The molecule has 1 aliphatic rings. The Morgan fingerprint density at radius 3 is 2.90 bits per heavy atom. The molecule has 2 aromatic carbocycles. The van der Waals surface area contributed by atoms with E-state index in [1.54, 1.807) is 4.88 Å². The lowest BCUT2D eigenvalue weighted by atomic mass is 9.93. The number of nitrogens with one attached hydrogen (secondary N) is 1. The molecule has 1 N–H and O–H groups in total. The van der Waals surface area contributed by atoms with Gasteiger partial charge >= 0.3 is 0 Å². The van der Waals surface area contributed by atoms with E-state index in [1.165, 1.54) is 41.3 Å². The fourth-order valence-electron chi connectivity index (χ4n) is 3.18. The topological polar surface area (TPSA) is 12.0 Å². The van der Waals surface area contributed by atoms with Gasteiger partial charge in [0.25, 0.3) is 0 Å². The molecule has 1 aliphatic carbocycles. The zero-order chi connectivity index (χ0) is 13.4. The summed E-state index contributed by atoms with van der Waals surface area (Å²) in [6.45, 7) is 0. The predicted molar refractivity (Wildman–Crippen MR) is 87.6 cm³/mol. The minimum Gasteiger partial charge on any atom is -0.378 e. The summed E-state index contributed by atoms with van der Waals surface area (Å²) >= 11 is 1.90. The van der Waals surface area contributed by atoms with E-state index in [1.807, 2.05) is 11.3 Å². The van der Waals surface area contributed by atoms with Gasteiger partial charge in [-0.25, -0.2) is 0 Å². The maximum absolute atomic E-state index is 3.77. The van der Waals surface area contributed by atoms with Crippen LogP contribution in [0.4, 0.5) is 5.69 Å². The van der Waals surface area contributed by atoms with Crippen LogP contribution in [0.3, 0.4) is 0 Å². The van der Waals surface area contributed by atoms with Crippen LogP contribution in [-0.4, -0.2) is 0 Å². The van der Waals surface area contributed by atoms with Crippen LogP contribution in [0.1, 0.15) is 29.3 Å². The van der Waals surface area contributed by atoms with Gasteiger partial charge in [-0.15, -0.1) is 11.3 Å². The number of fused-ring (bicyclic) bond motifs is 2. The third kappa shape index (κ3) is 2.01. The van der Waals surface area contributed by atoms with Gasteiger partial charge in [-0.3, -0.25) is 0 Å². The molecule has 1 heterocycles. The highest BCUT2D eigenvalue weighted by Gasteiger charge is 2.21. The van der Waals surface area contributed by atoms with Crippen LogP contribution in [0.25, 0.3) is 10.8 Å². The monoisotopic (exact) mass is 279 g/mol. The minimum absolute atomic E-state index is 0.468. The third-order valence-electron chi connectivity index (χ3n) is 4.17. The Morgan fingerprint density at radius 1 is 1.00 bits per heavy atom. The van der Waals surface area contributed by atoms with Crippen LogP contribution in [0, 0.1) is 0 Å². The van der Waals surface area contributed by atoms with Crippen molar-refractivity contribution in [1.82, 2.24) is 0 Å². The first-order chi connectivity index (χ1) is 9.92. The van der Waals surface area contributed by atoms with Crippen molar-refractivity contribution in [3.05, 3.63) is 64.4 Å². The molecular weight excluding hydrogens is 262 g/mol. The summed E-state index contributed by atoms with van der Waals surface area (Å²) in [4.78, 5) is 1.56. The molecule has 100 valence electrons. The van der Waals surface area contributed by atoms with Crippen molar-refractivity contribution < 1.29 is 0 Å². The van der Waals surface area contributed by atoms with E-state index in [0.29, 0.717) is 6.04 Å². The predicted octanol–water partition coefficient (Wildman–Crippen LogP) is 5.39. The standard InChI is InChI=1S/C18H17NS/c1-2-7-14-13(5-1)6-3-8-16(14)19-17-9-4-10-18-15(17)11-12-20-18/h1-3,5-8,11-12,17,19H,4,9-10H2. The summed E-state index contributed by atoms with van der Waals surface area (Å²) < 4.78 is 0. The van der Waals surface area contributed by atoms with Gasteiger partial charge in [0.2, 0.25) is 0 Å². The summed E-state index contributed by atoms with van der Waals surface area (Å²) in [6, 6.07) is 17.9. The molecule has 1 aromatic heterocycles. The Morgan fingerprint density at radius 2 is 1.90 bits per heavy atom. The Balaban J connectivity index is 1.73. The molecule has 20 heavy (non-hydrogen) atoms. The number of hydrogen-bond donors (Lipinski definition) is 1. The van der Waals surface area contributed by atoms with Crippen LogP contribution in [0.5, 0.6) is 0 Å². The van der Waals surface area contributed by atoms with Crippen molar-refractivity contribution in [2.24, 2.45) is 0 Å². The molecule has 0 bridgehead atoms. The molecule has 0 radical (unpaired) electrons. The molecule has 0 saturated heterocycles. The molecule has 0 spiro atoms. The quantitative estimate of drug-likeness (QED) is 0.663. The van der Waals surface area contributed by atoms with E-state index in [0.717, 1.165) is 0 Å². The Labute approximate surface area is 123 Å². The second kappa shape index (κ2) is 4.95. The number of benzene rings is 2. The molecule has 4 rings (SSSR count). The summed E-state index contributed by atoms with van der Waals surface area (Å²) in [6.07, 6.45) is 3.77. The van der Waals surface area contributed by atoms with Crippen molar-refractivity contribution in [2.75, 3.05) is 5.32 Å². The lowest BCUT2D eigenvalue weighted by Crippen LogP contribution is -2.15. The van der Waals surface area contributed by atoms with E-state index in [4.69, 9.17) is 0 Å². The van der Waals surface area contributed by atoms with E-state index >= 15 is 0 Å². The van der Waals surface area contributed by atoms with Gasteiger partial charge < -0.3 is 5.32 Å². The molecule has 0 aliphatic heterocycles. The van der Waals surface area contributed by atoms with Gasteiger partial charge in [-0.2, -0.15) is 0 Å². The number of rotatable bonds is 2. The van der Waals surface area contributed by atoms with Gasteiger partial charge in [-0.05, 0) is 47.7 Å². The maximum atomic E-state index is 3.77. The average Bonchev–Trinajstić information content (AvgIpc) is 2.97. The van der Waals surface area contributed by atoms with Crippen LogP contribution in [0.2, 0.25) is 0 Å². The zero-order valence-corrected chi connectivity index (χ0v) is 12.1. The van der Waals surface area contributed by atoms with Gasteiger partial charge in [0.05, 0.1) is 6.04 Å². The van der Waals surface area contributed by atoms with Crippen LogP contribution >= 0.6 is 11.3 Å². The summed E-state index contributed by atoms with van der Waals surface area (Å²) in [5, 5.41) is 8.62. The lowest BCUT2D eigenvalue weighted by Gasteiger charge is -2.25. The van der Waals surface area contributed by atoms with Crippen LogP contribution < -0.4 is 5.32 Å². The Hall–Kier alpha value is -1.80. The molecule has 2 heteroatoms. The molecule has 0 saturated carbocycles. The average molecular weight is 279 g/mol. The summed E-state index contributed by atoms with van der Waals surface area (Å²) in [5.41, 5.74) is 2.77. The number of anilines is 1. The van der Waals surface area contributed by atoms with E-state index in [-0.39, 0.29) is 0 Å². The first-order valence-electron chi connectivity index (χ1n) is 7.22. The minimum atomic E-state index is 0.468. The van der Waals surface area contributed by atoms with Crippen LogP contribution in [0.15, 0.2) is 53.9 Å². The second-order valence-corrected chi connectivity index (χ2v) is 6.42.